The monoisotopic (exact) mass is 264 g/mol. The molecular weight excluding hydrogens is 246 g/mol. The SMILES string of the molecule is CC[N+]1(C)OC(=O)C(C(=O)OC)C1c1ccccc1. The Kier molecular flexibility index (Phi) is 3.57. The van der Waals surface area contributed by atoms with E-state index in [4.69, 9.17) is 9.57 Å². The van der Waals surface area contributed by atoms with E-state index in [9.17, 15) is 9.59 Å². The average molecular weight is 264 g/mol. The van der Waals surface area contributed by atoms with E-state index in [1.54, 1.807) is 7.05 Å². The number of hydrogen-bond donors (Lipinski definition) is 0. The molecule has 3 unspecified atom stereocenters. The summed E-state index contributed by atoms with van der Waals surface area (Å²) in [6, 6.07) is 9.08. The van der Waals surface area contributed by atoms with Crippen molar-refractivity contribution in [1.29, 1.82) is 0 Å². The van der Waals surface area contributed by atoms with Crippen LogP contribution in [0.4, 0.5) is 0 Å². The number of hydrogen-bond acceptors (Lipinski definition) is 4. The molecule has 102 valence electrons. The van der Waals surface area contributed by atoms with Crippen LogP contribution in [0.5, 0.6) is 0 Å². The van der Waals surface area contributed by atoms with E-state index in [0.717, 1.165) is 5.56 Å². The van der Waals surface area contributed by atoms with Gasteiger partial charge in [-0.3, -0.25) is 9.63 Å². The van der Waals surface area contributed by atoms with Gasteiger partial charge in [0.05, 0.1) is 7.11 Å². The number of benzene rings is 1. The molecule has 0 N–H and O–H groups in total. The lowest BCUT2D eigenvalue weighted by Gasteiger charge is -2.30. The number of rotatable bonds is 3. The zero-order valence-corrected chi connectivity index (χ0v) is 11.3. The predicted octanol–water partition coefficient (Wildman–Crippen LogP) is 1.46. The summed E-state index contributed by atoms with van der Waals surface area (Å²) in [7, 11) is 3.09. The van der Waals surface area contributed by atoms with Gasteiger partial charge < -0.3 is 4.74 Å². The summed E-state index contributed by atoms with van der Waals surface area (Å²) in [5, 5.41) is 0. The molecule has 0 spiro atoms. The first-order valence-electron chi connectivity index (χ1n) is 6.25. The van der Waals surface area contributed by atoms with Crippen LogP contribution in [-0.4, -0.2) is 37.3 Å². The molecule has 0 radical (unpaired) electrons. The topological polar surface area (TPSA) is 52.6 Å². The van der Waals surface area contributed by atoms with Gasteiger partial charge in [0.2, 0.25) is 5.92 Å². The Morgan fingerprint density at radius 2 is 2.00 bits per heavy atom. The molecule has 0 saturated carbocycles. The number of quaternary nitrogens is 1. The molecular formula is C14H18NO4+. The number of ether oxygens (including phenoxy) is 1. The van der Waals surface area contributed by atoms with Crippen molar-refractivity contribution in [2.24, 2.45) is 5.92 Å². The van der Waals surface area contributed by atoms with Crippen LogP contribution in [0.15, 0.2) is 30.3 Å². The zero-order chi connectivity index (χ0) is 14.0. The first-order valence-corrected chi connectivity index (χ1v) is 6.25. The van der Waals surface area contributed by atoms with Gasteiger partial charge in [0, 0.05) is 5.56 Å². The minimum Gasteiger partial charge on any atom is -0.468 e. The smallest absolute Gasteiger partial charge is 0.387 e. The quantitative estimate of drug-likeness (QED) is 0.471. The summed E-state index contributed by atoms with van der Waals surface area (Å²) >= 11 is 0. The fraction of sp³-hybridized carbons (Fsp3) is 0.429. The van der Waals surface area contributed by atoms with Crippen molar-refractivity contribution in [3.05, 3.63) is 35.9 Å². The number of hydroxylamine groups is 3. The lowest BCUT2D eigenvalue weighted by atomic mass is 9.92. The summed E-state index contributed by atoms with van der Waals surface area (Å²) < 4.78 is 4.80. The highest BCUT2D eigenvalue weighted by Crippen LogP contribution is 2.41. The molecule has 2 rings (SSSR count). The van der Waals surface area contributed by atoms with Crippen LogP contribution in [0, 0.1) is 5.92 Å². The Labute approximate surface area is 112 Å². The molecule has 1 aliphatic heterocycles. The van der Waals surface area contributed by atoms with E-state index in [2.05, 4.69) is 0 Å². The summed E-state index contributed by atoms with van der Waals surface area (Å²) in [5.41, 5.74) is 0.896. The van der Waals surface area contributed by atoms with Gasteiger partial charge in [-0.15, -0.1) is 4.65 Å². The van der Waals surface area contributed by atoms with Gasteiger partial charge in [-0.2, -0.15) is 0 Å². The molecule has 1 aliphatic rings. The minimum atomic E-state index is -0.905. The summed E-state index contributed by atoms with van der Waals surface area (Å²) in [5.74, 6) is -1.98. The molecule has 1 aromatic carbocycles. The molecule has 19 heavy (non-hydrogen) atoms. The van der Waals surface area contributed by atoms with Crippen molar-refractivity contribution in [2.75, 3.05) is 20.7 Å². The van der Waals surface area contributed by atoms with Gasteiger partial charge in [0.25, 0.3) is 0 Å². The van der Waals surface area contributed by atoms with Crippen LogP contribution >= 0.6 is 0 Å². The van der Waals surface area contributed by atoms with Crippen molar-refractivity contribution in [3.63, 3.8) is 0 Å². The first kappa shape index (κ1) is 13.5. The van der Waals surface area contributed by atoms with Gasteiger partial charge in [-0.25, -0.2) is 4.79 Å². The number of carbonyl (C=O) groups excluding carboxylic acids is 2. The molecule has 0 aromatic heterocycles. The van der Waals surface area contributed by atoms with Crippen LogP contribution < -0.4 is 0 Å². The minimum absolute atomic E-state index is 0.0581. The van der Waals surface area contributed by atoms with Crippen LogP contribution in [-0.2, 0) is 19.2 Å². The fourth-order valence-electron chi connectivity index (χ4n) is 2.53. The zero-order valence-electron chi connectivity index (χ0n) is 11.3. The van der Waals surface area contributed by atoms with Crippen molar-refractivity contribution in [2.45, 2.75) is 13.0 Å². The third-order valence-corrected chi connectivity index (χ3v) is 3.68. The Hall–Kier alpha value is -1.88. The highest BCUT2D eigenvalue weighted by molar-refractivity contribution is 5.96. The van der Waals surface area contributed by atoms with Crippen molar-refractivity contribution in [3.8, 4) is 0 Å². The second-order valence-electron chi connectivity index (χ2n) is 4.76. The Morgan fingerprint density at radius 3 is 2.53 bits per heavy atom. The van der Waals surface area contributed by atoms with Gasteiger partial charge >= 0.3 is 11.9 Å². The van der Waals surface area contributed by atoms with E-state index in [-0.39, 0.29) is 10.7 Å². The van der Waals surface area contributed by atoms with E-state index in [0.29, 0.717) is 6.54 Å². The number of esters is 1. The molecule has 0 aliphatic carbocycles. The highest BCUT2D eigenvalue weighted by atomic mass is 16.8. The van der Waals surface area contributed by atoms with Crippen LogP contribution in [0.3, 0.4) is 0 Å². The molecule has 0 amide bonds. The van der Waals surface area contributed by atoms with E-state index < -0.39 is 17.9 Å². The summed E-state index contributed by atoms with van der Waals surface area (Å²) in [4.78, 5) is 29.3. The van der Waals surface area contributed by atoms with Gasteiger partial charge in [0.1, 0.15) is 13.6 Å². The molecule has 3 atom stereocenters. The summed E-state index contributed by atoms with van der Waals surface area (Å²) in [6.07, 6.45) is 0. The van der Waals surface area contributed by atoms with E-state index in [1.807, 2.05) is 37.3 Å². The molecule has 5 nitrogen and oxygen atoms in total. The highest BCUT2D eigenvalue weighted by Gasteiger charge is 2.58. The van der Waals surface area contributed by atoms with Crippen molar-refractivity contribution >= 4 is 11.9 Å². The van der Waals surface area contributed by atoms with Crippen LogP contribution in [0.25, 0.3) is 0 Å². The molecule has 1 fully saturated rings. The van der Waals surface area contributed by atoms with Crippen molar-refractivity contribution in [1.82, 2.24) is 0 Å². The Balaban J connectivity index is 2.48. The first-order chi connectivity index (χ1) is 9.03. The second-order valence-corrected chi connectivity index (χ2v) is 4.76. The molecule has 1 saturated heterocycles. The maximum atomic E-state index is 12.0. The number of carbonyl (C=O) groups is 2. The van der Waals surface area contributed by atoms with Crippen molar-refractivity contribution < 1.29 is 23.8 Å². The predicted molar refractivity (Wildman–Crippen MR) is 67.5 cm³/mol. The van der Waals surface area contributed by atoms with Gasteiger partial charge in [-0.05, 0) is 6.92 Å². The van der Waals surface area contributed by atoms with Gasteiger partial charge in [0.15, 0.2) is 6.04 Å². The average Bonchev–Trinajstić information content (AvgIpc) is 2.71. The largest absolute Gasteiger partial charge is 0.468 e. The van der Waals surface area contributed by atoms with Gasteiger partial charge in [-0.1, -0.05) is 30.3 Å². The number of methoxy groups -OCH3 is 1. The molecule has 1 heterocycles. The molecule has 0 bridgehead atoms. The second kappa shape index (κ2) is 5.01. The van der Waals surface area contributed by atoms with E-state index in [1.165, 1.54) is 7.11 Å². The summed E-state index contributed by atoms with van der Waals surface area (Å²) in [6.45, 7) is 2.50. The fourth-order valence-corrected chi connectivity index (χ4v) is 2.53. The molecule has 1 aromatic rings. The van der Waals surface area contributed by atoms with E-state index >= 15 is 0 Å². The Morgan fingerprint density at radius 1 is 1.37 bits per heavy atom. The standard InChI is InChI=1S/C14H18NO4/c1-4-15(2)12(10-8-6-5-7-9-10)11(13(16)18-3)14(17)19-15/h5-9,11-12H,4H2,1-3H3/q+1. The Bertz CT molecular complexity index is 487. The van der Waals surface area contributed by atoms with Crippen LogP contribution in [0.1, 0.15) is 18.5 Å². The normalized spacial score (nSPS) is 29.9. The molecule has 5 heteroatoms. The number of nitrogens with zero attached hydrogens (tertiary/aromatic N) is 1. The lowest BCUT2D eigenvalue weighted by molar-refractivity contribution is -1.09. The van der Waals surface area contributed by atoms with Crippen LogP contribution in [0.2, 0.25) is 0 Å². The third-order valence-electron chi connectivity index (χ3n) is 3.68. The lowest BCUT2D eigenvalue weighted by Crippen LogP contribution is -2.43. The maximum absolute atomic E-state index is 12.0. The third kappa shape index (κ3) is 2.21. The maximum Gasteiger partial charge on any atom is 0.387 e.